The molecule has 1 rings (SSSR count). The maximum Gasteiger partial charge on any atom is 0.175 e. The summed E-state index contributed by atoms with van der Waals surface area (Å²) in [5.41, 5.74) is 5.45. The molecule has 0 saturated heterocycles. The lowest BCUT2D eigenvalue weighted by atomic mass is 10.6. The summed E-state index contributed by atoms with van der Waals surface area (Å²) in [6, 6.07) is 0. The van der Waals surface area contributed by atoms with E-state index in [2.05, 4.69) is 10.9 Å². The third-order valence-corrected chi connectivity index (χ3v) is 2.71. The average molecular weight is 200 g/mol. The molecule has 1 aliphatic heterocycles. The first-order chi connectivity index (χ1) is 4.66. The van der Waals surface area contributed by atoms with Gasteiger partial charge >= 0.3 is 0 Å². The standard InChI is InChI=1S/C4H7Cl2N3S/c1-10-4(5)2-3-7-9(6)8-4/h2-3,7-8H,1H3. The monoisotopic (exact) mass is 199 g/mol. The van der Waals surface area contributed by atoms with Gasteiger partial charge in [0.2, 0.25) is 0 Å². The smallest absolute Gasteiger partial charge is 0.175 e. The fourth-order valence-electron chi connectivity index (χ4n) is 0.527. The summed E-state index contributed by atoms with van der Waals surface area (Å²) in [4.78, 5) is 0. The van der Waals surface area contributed by atoms with E-state index in [1.807, 2.05) is 6.26 Å². The molecule has 0 radical (unpaired) electrons. The van der Waals surface area contributed by atoms with E-state index >= 15 is 0 Å². The lowest BCUT2D eigenvalue weighted by molar-refractivity contribution is 0.262. The van der Waals surface area contributed by atoms with Gasteiger partial charge in [-0.15, -0.1) is 11.8 Å². The van der Waals surface area contributed by atoms with Gasteiger partial charge in [0, 0.05) is 18.0 Å². The van der Waals surface area contributed by atoms with Crippen LogP contribution in [0.3, 0.4) is 0 Å². The van der Waals surface area contributed by atoms with Crippen LogP contribution in [-0.4, -0.2) is 15.2 Å². The second kappa shape index (κ2) is 3.19. The number of thioether (sulfide) groups is 1. The van der Waals surface area contributed by atoms with Crippen molar-refractivity contribution >= 4 is 35.1 Å². The predicted molar refractivity (Wildman–Crippen MR) is 45.2 cm³/mol. The van der Waals surface area contributed by atoms with Gasteiger partial charge in [-0.3, -0.25) is 5.43 Å². The summed E-state index contributed by atoms with van der Waals surface area (Å²) < 4.78 is 0.566. The Bertz CT molecular complexity index is 153. The predicted octanol–water partition coefficient (Wildman–Crippen LogP) is 1.23. The van der Waals surface area contributed by atoms with E-state index < -0.39 is 4.33 Å². The molecule has 0 saturated carbocycles. The minimum Gasteiger partial charge on any atom is -0.299 e. The summed E-state index contributed by atoms with van der Waals surface area (Å²) in [6.07, 6.45) is 5.34. The molecule has 1 unspecified atom stereocenters. The minimum atomic E-state index is -0.618. The van der Waals surface area contributed by atoms with Gasteiger partial charge in [-0.1, -0.05) is 16.2 Å². The van der Waals surface area contributed by atoms with Crippen LogP contribution in [0, 0.1) is 0 Å². The number of hydrogen-bond donors (Lipinski definition) is 2. The van der Waals surface area contributed by atoms with Crippen LogP contribution in [0.5, 0.6) is 0 Å². The molecule has 0 aliphatic carbocycles. The highest BCUT2D eigenvalue weighted by molar-refractivity contribution is 8.01. The molecule has 58 valence electrons. The molecule has 0 aromatic rings. The molecule has 1 atom stereocenters. The molecule has 0 aromatic carbocycles. The average Bonchev–Trinajstić information content (AvgIpc) is 1.88. The maximum absolute atomic E-state index is 5.95. The second-order valence-electron chi connectivity index (χ2n) is 1.70. The van der Waals surface area contributed by atoms with Gasteiger partial charge < -0.3 is 0 Å². The van der Waals surface area contributed by atoms with Crippen molar-refractivity contribution < 1.29 is 0 Å². The molecule has 0 bridgehead atoms. The quantitative estimate of drug-likeness (QED) is 0.378. The van der Waals surface area contributed by atoms with Crippen molar-refractivity contribution in [1.29, 1.82) is 0 Å². The molecular formula is C4H7Cl2N3S. The van der Waals surface area contributed by atoms with Crippen LogP contribution in [0.2, 0.25) is 0 Å². The van der Waals surface area contributed by atoms with Gasteiger partial charge in [0.05, 0.1) is 0 Å². The van der Waals surface area contributed by atoms with Crippen LogP contribution in [0.25, 0.3) is 0 Å². The molecule has 0 aromatic heterocycles. The van der Waals surface area contributed by atoms with Gasteiger partial charge in [0.25, 0.3) is 0 Å². The van der Waals surface area contributed by atoms with E-state index in [1.165, 1.54) is 16.4 Å². The maximum atomic E-state index is 5.95. The fourth-order valence-corrected chi connectivity index (χ4v) is 1.34. The van der Waals surface area contributed by atoms with Crippen LogP contribution < -0.4 is 10.9 Å². The molecule has 0 spiro atoms. The summed E-state index contributed by atoms with van der Waals surface area (Å²) in [5.74, 6) is 0. The highest BCUT2D eigenvalue weighted by Crippen LogP contribution is 2.27. The Balaban J connectivity index is 2.61. The van der Waals surface area contributed by atoms with E-state index in [-0.39, 0.29) is 0 Å². The van der Waals surface area contributed by atoms with Crippen molar-refractivity contribution in [1.82, 2.24) is 15.5 Å². The number of hydrazine groups is 2. The highest BCUT2D eigenvalue weighted by Gasteiger charge is 2.26. The largest absolute Gasteiger partial charge is 0.299 e. The zero-order valence-corrected chi connectivity index (χ0v) is 7.59. The van der Waals surface area contributed by atoms with Gasteiger partial charge in [0.1, 0.15) is 0 Å². The minimum absolute atomic E-state index is 0.618. The summed E-state index contributed by atoms with van der Waals surface area (Å²) >= 11 is 12.9. The Morgan fingerprint density at radius 3 is 2.80 bits per heavy atom. The fraction of sp³-hybridized carbons (Fsp3) is 0.500. The number of nitrogens with one attached hydrogen (secondary N) is 2. The highest BCUT2D eigenvalue weighted by atomic mass is 35.5. The van der Waals surface area contributed by atoms with E-state index in [4.69, 9.17) is 23.4 Å². The van der Waals surface area contributed by atoms with Gasteiger partial charge in [-0.05, 0) is 12.3 Å². The van der Waals surface area contributed by atoms with Gasteiger partial charge in [-0.25, -0.2) is 0 Å². The number of halogens is 2. The first-order valence-electron chi connectivity index (χ1n) is 2.58. The number of hydrogen-bond acceptors (Lipinski definition) is 4. The van der Waals surface area contributed by atoms with E-state index in [0.29, 0.717) is 0 Å². The van der Waals surface area contributed by atoms with Crippen LogP contribution in [-0.2, 0) is 0 Å². The molecule has 3 nitrogen and oxygen atoms in total. The Kier molecular flexibility index (Phi) is 2.71. The van der Waals surface area contributed by atoms with Crippen molar-refractivity contribution in [2.45, 2.75) is 4.33 Å². The molecule has 0 fully saturated rings. The summed E-state index contributed by atoms with van der Waals surface area (Å²) in [7, 11) is 0. The van der Waals surface area contributed by atoms with E-state index in [1.54, 1.807) is 12.3 Å². The Hall–Kier alpha value is 0.390. The first-order valence-corrected chi connectivity index (χ1v) is 4.52. The number of rotatable bonds is 1. The number of alkyl halides is 1. The second-order valence-corrected chi connectivity index (χ2v) is 3.91. The lowest BCUT2D eigenvalue weighted by Gasteiger charge is -2.30. The zero-order chi connectivity index (χ0) is 7.61. The molecule has 2 N–H and O–H groups in total. The van der Waals surface area contributed by atoms with Crippen molar-refractivity contribution in [2.75, 3.05) is 6.26 Å². The zero-order valence-electron chi connectivity index (χ0n) is 5.27. The van der Waals surface area contributed by atoms with Crippen molar-refractivity contribution in [2.24, 2.45) is 0 Å². The summed E-state index contributed by atoms with van der Waals surface area (Å²) in [5, 5.41) is 0. The molecule has 1 heterocycles. The normalized spacial score (nSPS) is 33.9. The van der Waals surface area contributed by atoms with Gasteiger partial charge in [-0.2, -0.15) is 5.43 Å². The van der Waals surface area contributed by atoms with Crippen LogP contribution in [0.4, 0.5) is 0 Å². The van der Waals surface area contributed by atoms with Crippen molar-refractivity contribution in [3.8, 4) is 0 Å². The van der Waals surface area contributed by atoms with Crippen molar-refractivity contribution in [3.05, 3.63) is 12.3 Å². The van der Waals surface area contributed by atoms with Crippen LogP contribution in [0.1, 0.15) is 0 Å². The molecular weight excluding hydrogens is 193 g/mol. The van der Waals surface area contributed by atoms with Gasteiger partial charge in [0.15, 0.2) is 4.33 Å². The van der Waals surface area contributed by atoms with Crippen molar-refractivity contribution in [3.63, 3.8) is 0 Å². The van der Waals surface area contributed by atoms with Crippen LogP contribution >= 0.6 is 35.1 Å². The van der Waals surface area contributed by atoms with Crippen LogP contribution in [0.15, 0.2) is 12.3 Å². The third kappa shape index (κ3) is 1.93. The van der Waals surface area contributed by atoms with E-state index in [9.17, 15) is 0 Å². The molecule has 1 aliphatic rings. The lowest BCUT2D eigenvalue weighted by Crippen LogP contribution is -2.51. The number of nitrogens with zero attached hydrogens (tertiary/aromatic N) is 1. The van der Waals surface area contributed by atoms with E-state index in [0.717, 1.165) is 0 Å². The molecule has 0 amide bonds. The Labute approximate surface area is 73.8 Å². The first kappa shape index (κ1) is 8.49. The SMILES string of the molecule is CSC1(Cl)C=CNN(Cl)N1. The third-order valence-electron chi connectivity index (χ3n) is 1.03. The Morgan fingerprint density at radius 2 is 2.40 bits per heavy atom. The summed E-state index contributed by atoms with van der Waals surface area (Å²) in [6.45, 7) is 0. The topological polar surface area (TPSA) is 27.3 Å². The molecule has 6 heteroatoms. The molecule has 10 heavy (non-hydrogen) atoms. The Morgan fingerprint density at radius 1 is 1.70 bits per heavy atom.